The molecule has 0 aromatic heterocycles. The van der Waals surface area contributed by atoms with Gasteiger partial charge in [-0.3, -0.25) is 9.59 Å². The maximum absolute atomic E-state index is 14.5. The Hall–Kier alpha value is -5.49. The fraction of sp³-hybridized carbons (Fsp3) is 0.132. The molecule has 6 heteroatoms. The fourth-order valence-electron chi connectivity index (χ4n) is 7.12. The zero-order chi connectivity index (χ0) is 29.8. The van der Waals surface area contributed by atoms with Gasteiger partial charge in [0.25, 0.3) is 0 Å². The average Bonchev–Trinajstić information content (AvgIpc) is 3.56. The molecule has 3 aliphatic rings. The van der Waals surface area contributed by atoms with Gasteiger partial charge >= 0.3 is 5.97 Å². The zero-order valence-electron chi connectivity index (χ0n) is 23.7. The summed E-state index contributed by atoms with van der Waals surface area (Å²) in [5.74, 6) is -2.86. The number of amides is 2. The first-order valence-corrected chi connectivity index (χ1v) is 14.8. The highest BCUT2D eigenvalue weighted by Crippen LogP contribution is 2.50. The van der Waals surface area contributed by atoms with Gasteiger partial charge in [0.15, 0.2) is 6.10 Å². The summed E-state index contributed by atoms with van der Waals surface area (Å²) < 4.78 is 6.37. The number of carbonyl (C=O) groups excluding carboxylic acids is 3. The van der Waals surface area contributed by atoms with Crippen LogP contribution in [0, 0.1) is 11.8 Å². The molecule has 8 rings (SSSR count). The SMILES string of the molecule is O=C(OC(c1ccccc1)c1ccccc1)C1C2C(=O)N(c3ccc4ccccc4c3)C(=O)C2C2C=Cc3ccccc3N21. The van der Waals surface area contributed by atoms with Gasteiger partial charge in [-0.2, -0.15) is 0 Å². The Balaban J connectivity index is 1.22. The molecule has 2 fully saturated rings. The summed E-state index contributed by atoms with van der Waals surface area (Å²) in [4.78, 5) is 46.3. The van der Waals surface area contributed by atoms with Gasteiger partial charge in [-0.05, 0) is 45.7 Å². The van der Waals surface area contributed by atoms with Crippen molar-refractivity contribution in [3.8, 4) is 0 Å². The Morgan fingerprint density at radius 1 is 0.659 bits per heavy atom. The largest absolute Gasteiger partial charge is 0.451 e. The highest BCUT2D eigenvalue weighted by Gasteiger charge is 2.65. The van der Waals surface area contributed by atoms with Crippen LogP contribution in [-0.2, 0) is 19.1 Å². The number of nitrogens with zero attached hydrogens (tertiary/aromatic N) is 2. The minimum atomic E-state index is -0.993. The first-order valence-electron chi connectivity index (χ1n) is 14.8. The second kappa shape index (κ2) is 10.3. The van der Waals surface area contributed by atoms with E-state index in [1.807, 2.05) is 138 Å². The summed E-state index contributed by atoms with van der Waals surface area (Å²) in [6.45, 7) is 0. The van der Waals surface area contributed by atoms with Crippen LogP contribution < -0.4 is 9.80 Å². The molecule has 214 valence electrons. The lowest BCUT2D eigenvalue weighted by molar-refractivity contribution is -0.151. The minimum absolute atomic E-state index is 0.299. The smallest absolute Gasteiger partial charge is 0.330 e. The molecule has 0 N–H and O–H groups in total. The molecule has 0 saturated carbocycles. The van der Waals surface area contributed by atoms with Crippen molar-refractivity contribution in [3.63, 3.8) is 0 Å². The molecule has 2 saturated heterocycles. The maximum Gasteiger partial charge on any atom is 0.330 e. The summed E-state index contributed by atoms with van der Waals surface area (Å²) in [6, 6.07) is 38.9. The van der Waals surface area contributed by atoms with E-state index in [0.717, 1.165) is 33.2 Å². The Kier molecular flexibility index (Phi) is 6.15. The molecule has 6 nitrogen and oxygen atoms in total. The van der Waals surface area contributed by atoms with Crippen LogP contribution >= 0.6 is 0 Å². The lowest BCUT2D eigenvalue weighted by Crippen LogP contribution is -2.49. The van der Waals surface area contributed by atoms with Crippen LogP contribution in [0.15, 0.2) is 133 Å². The molecule has 0 aliphatic carbocycles. The number of benzene rings is 5. The monoisotopic (exact) mass is 576 g/mol. The molecular weight excluding hydrogens is 548 g/mol. The lowest BCUT2D eigenvalue weighted by atomic mass is 9.88. The summed E-state index contributed by atoms with van der Waals surface area (Å²) in [6.07, 6.45) is 3.25. The Morgan fingerprint density at radius 2 is 1.27 bits per heavy atom. The molecule has 3 aliphatic heterocycles. The van der Waals surface area contributed by atoms with Crippen molar-refractivity contribution >= 4 is 46.0 Å². The van der Waals surface area contributed by atoms with Crippen LogP contribution in [0.25, 0.3) is 16.8 Å². The number of hydrogen-bond acceptors (Lipinski definition) is 5. The van der Waals surface area contributed by atoms with Crippen LogP contribution in [0.1, 0.15) is 22.8 Å². The van der Waals surface area contributed by atoms with Gasteiger partial charge in [0.05, 0.1) is 23.6 Å². The number of fused-ring (bicyclic) bond motifs is 6. The molecule has 3 heterocycles. The predicted molar refractivity (Wildman–Crippen MR) is 170 cm³/mol. The summed E-state index contributed by atoms with van der Waals surface area (Å²) >= 11 is 0. The highest BCUT2D eigenvalue weighted by molar-refractivity contribution is 6.25. The van der Waals surface area contributed by atoms with E-state index >= 15 is 0 Å². The number of imide groups is 1. The van der Waals surface area contributed by atoms with E-state index in [9.17, 15) is 14.4 Å². The van der Waals surface area contributed by atoms with Crippen molar-refractivity contribution in [1.82, 2.24) is 0 Å². The van der Waals surface area contributed by atoms with E-state index in [1.54, 1.807) is 6.07 Å². The second-order valence-electron chi connectivity index (χ2n) is 11.5. The minimum Gasteiger partial charge on any atom is -0.451 e. The molecule has 0 spiro atoms. The van der Waals surface area contributed by atoms with E-state index in [-0.39, 0.29) is 11.8 Å². The van der Waals surface area contributed by atoms with Crippen molar-refractivity contribution in [2.24, 2.45) is 11.8 Å². The molecule has 4 unspecified atom stereocenters. The molecule has 2 amide bonds. The number of carbonyl (C=O) groups is 3. The zero-order valence-corrected chi connectivity index (χ0v) is 23.7. The van der Waals surface area contributed by atoms with Crippen molar-refractivity contribution in [1.29, 1.82) is 0 Å². The number of esters is 1. The number of anilines is 2. The van der Waals surface area contributed by atoms with Crippen molar-refractivity contribution in [3.05, 3.63) is 150 Å². The molecule has 0 bridgehead atoms. The van der Waals surface area contributed by atoms with Gasteiger partial charge < -0.3 is 9.64 Å². The second-order valence-corrected chi connectivity index (χ2v) is 11.5. The Morgan fingerprint density at radius 3 is 2.00 bits per heavy atom. The number of ether oxygens (including phenoxy) is 1. The third-order valence-corrected chi connectivity index (χ3v) is 9.09. The van der Waals surface area contributed by atoms with Gasteiger partial charge in [0, 0.05) is 5.69 Å². The van der Waals surface area contributed by atoms with Gasteiger partial charge in [0.2, 0.25) is 11.8 Å². The van der Waals surface area contributed by atoms with Gasteiger partial charge in [0.1, 0.15) is 6.04 Å². The number of para-hydroxylation sites is 1. The van der Waals surface area contributed by atoms with Crippen molar-refractivity contribution in [2.75, 3.05) is 9.80 Å². The van der Waals surface area contributed by atoms with Crippen LogP contribution in [0.4, 0.5) is 11.4 Å². The topological polar surface area (TPSA) is 66.9 Å². The molecular formula is C38H28N2O4. The van der Waals surface area contributed by atoms with Crippen LogP contribution in [0.5, 0.6) is 0 Å². The van der Waals surface area contributed by atoms with E-state index in [2.05, 4.69) is 0 Å². The highest BCUT2D eigenvalue weighted by atomic mass is 16.5. The van der Waals surface area contributed by atoms with Crippen LogP contribution in [0.2, 0.25) is 0 Å². The number of rotatable bonds is 5. The maximum atomic E-state index is 14.5. The van der Waals surface area contributed by atoms with Crippen molar-refractivity contribution < 1.29 is 19.1 Å². The predicted octanol–water partition coefficient (Wildman–Crippen LogP) is 6.56. The van der Waals surface area contributed by atoms with Gasteiger partial charge in [-0.15, -0.1) is 0 Å². The van der Waals surface area contributed by atoms with Crippen LogP contribution in [0.3, 0.4) is 0 Å². The Labute approximate surface area is 254 Å². The summed E-state index contributed by atoms with van der Waals surface area (Å²) in [5.41, 5.74) is 3.89. The number of hydrogen-bond donors (Lipinski definition) is 0. The fourth-order valence-corrected chi connectivity index (χ4v) is 7.12. The molecule has 44 heavy (non-hydrogen) atoms. The Bertz CT molecular complexity index is 1910. The van der Waals surface area contributed by atoms with E-state index in [4.69, 9.17) is 4.74 Å². The summed E-state index contributed by atoms with van der Waals surface area (Å²) in [5, 5.41) is 1.95. The molecule has 5 aromatic rings. The van der Waals surface area contributed by atoms with E-state index in [0.29, 0.717) is 5.69 Å². The third kappa shape index (κ3) is 4.06. The molecule has 0 radical (unpaired) electrons. The van der Waals surface area contributed by atoms with Gasteiger partial charge in [-0.1, -0.05) is 121 Å². The first kappa shape index (κ1) is 26.2. The molecule has 5 aromatic carbocycles. The average molecular weight is 577 g/mol. The first-order chi connectivity index (χ1) is 21.6. The van der Waals surface area contributed by atoms with Gasteiger partial charge in [-0.25, -0.2) is 9.69 Å². The third-order valence-electron chi connectivity index (χ3n) is 9.09. The van der Waals surface area contributed by atoms with E-state index < -0.39 is 36.0 Å². The summed E-state index contributed by atoms with van der Waals surface area (Å²) in [7, 11) is 0. The van der Waals surface area contributed by atoms with Crippen LogP contribution in [-0.4, -0.2) is 29.9 Å². The normalized spacial score (nSPS) is 21.8. The lowest BCUT2D eigenvalue weighted by Gasteiger charge is -2.36. The standard InChI is InChI=1S/C38H28N2O4/c41-36-32-31-22-20-25-12-9-10-18-30(25)40(31)34(33(32)37(42)39(36)29-21-19-24-11-7-8-17-28(24)23-29)38(43)44-35(26-13-3-1-4-14-26)27-15-5-2-6-16-27/h1-23,31-35H. The molecule has 4 atom stereocenters. The quantitative estimate of drug-likeness (QED) is 0.175. The van der Waals surface area contributed by atoms with Crippen molar-refractivity contribution in [2.45, 2.75) is 18.2 Å². The van der Waals surface area contributed by atoms with E-state index in [1.165, 1.54) is 4.90 Å².